The Hall–Kier alpha value is -1.73. The summed E-state index contributed by atoms with van der Waals surface area (Å²) < 4.78 is 0. The zero-order chi connectivity index (χ0) is 14.4. The molecule has 1 aromatic rings. The lowest BCUT2D eigenvalue weighted by atomic mass is 10.2. The molecule has 1 aromatic carbocycles. The van der Waals surface area contributed by atoms with Crippen LogP contribution in [-0.2, 0) is 0 Å². The second kappa shape index (κ2) is 7.01. The Labute approximate surface area is 116 Å². The third-order valence-corrected chi connectivity index (χ3v) is 3.20. The van der Waals surface area contributed by atoms with Crippen LogP contribution in [0.3, 0.4) is 0 Å². The Morgan fingerprint density at radius 1 is 1.26 bits per heavy atom. The fraction of sp³-hybridized carbons (Fsp3) is 0.533. The molecule has 4 heteroatoms. The van der Waals surface area contributed by atoms with Crippen molar-refractivity contribution >= 4 is 11.4 Å². The van der Waals surface area contributed by atoms with E-state index in [0.29, 0.717) is 23.3 Å². The molecule has 0 unspecified atom stereocenters. The van der Waals surface area contributed by atoms with Crippen LogP contribution in [0.25, 0.3) is 0 Å². The van der Waals surface area contributed by atoms with Gasteiger partial charge in [-0.15, -0.1) is 0 Å². The van der Waals surface area contributed by atoms with Gasteiger partial charge in [0, 0.05) is 36.5 Å². The number of rotatable bonds is 6. The highest BCUT2D eigenvalue weighted by atomic mass is 15.2. The molecule has 1 rings (SSSR count). The SMILES string of the molecule is CC(C)N(CCNc1ccc(N)c(C#N)c1)C(C)C. The van der Waals surface area contributed by atoms with Crippen LogP contribution in [0.5, 0.6) is 0 Å². The number of nitrogens with one attached hydrogen (secondary N) is 1. The first-order chi connectivity index (χ1) is 8.95. The molecule has 0 fully saturated rings. The maximum Gasteiger partial charge on any atom is 0.101 e. The van der Waals surface area contributed by atoms with Crippen molar-refractivity contribution in [2.75, 3.05) is 24.1 Å². The van der Waals surface area contributed by atoms with E-state index >= 15 is 0 Å². The molecule has 0 atom stereocenters. The summed E-state index contributed by atoms with van der Waals surface area (Å²) in [6.45, 7) is 10.6. The van der Waals surface area contributed by atoms with E-state index < -0.39 is 0 Å². The summed E-state index contributed by atoms with van der Waals surface area (Å²) in [5.74, 6) is 0. The predicted molar refractivity (Wildman–Crippen MR) is 81.0 cm³/mol. The third kappa shape index (κ3) is 4.46. The van der Waals surface area contributed by atoms with Crippen LogP contribution in [0, 0.1) is 11.3 Å². The van der Waals surface area contributed by atoms with E-state index in [1.807, 2.05) is 6.07 Å². The van der Waals surface area contributed by atoms with Crippen LogP contribution in [0.15, 0.2) is 18.2 Å². The van der Waals surface area contributed by atoms with Gasteiger partial charge >= 0.3 is 0 Å². The minimum atomic E-state index is 0.523. The largest absolute Gasteiger partial charge is 0.398 e. The Morgan fingerprint density at radius 2 is 1.89 bits per heavy atom. The fourth-order valence-corrected chi connectivity index (χ4v) is 2.21. The number of anilines is 2. The van der Waals surface area contributed by atoms with Gasteiger partial charge in [0.05, 0.1) is 5.56 Å². The van der Waals surface area contributed by atoms with Gasteiger partial charge in [-0.3, -0.25) is 4.90 Å². The minimum absolute atomic E-state index is 0.523. The summed E-state index contributed by atoms with van der Waals surface area (Å²) in [5.41, 5.74) is 7.69. The monoisotopic (exact) mass is 260 g/mol. The normalized spacial score (nSPS) is 11.1. The molecule has 3 N–H and O–H groups in total. The van der Waals surface area contributed by atoms with E-state index in [9.17, 15) is 0 Å². The lowest BCUT2D eigenvalue weighted by Crippen LogP contribution is -2.40. The van der Waals surface area contributed by atoms with Crippen LogP contribution in [0.1, 0.15) is 33.3 Å². The number of nitrogen functional groups attached to an aromatic ring is 1. The smallest absolute Gasteiger partial charge is 0.101 e. The molecule has 0 aliphatic rings. The molecule has 0 aliphatic carbocycles. The lowest BCUT2D eigenvalue weighted by molar-refractivity contribution is 0.182. The first-order valence-electron chi connectivity index (χ1n) is 6.75. The molecule has 0 saturated carbocycles. The maximum absolute atomic E-state index is 8.94. The van der Waals surface area contributed by atoms with Crippen molar-refractivity contribution in [3.05, 3.63) is 23.8 Å². The van der Waals surface area contributed by atoms with E-state index in [0.717, 1.165) is 18.8 Å². The first-order valence-corrected chi connectivity index (χ1v) is 6.75. The summed E-state index contributed by atoms with van der Waals surface area (Å²) in [7, 11) is 0. The van der Waals surface area contributed by atoms with Crippen LogP contribution >= 0.6 is 0 Å². The van der Waals surface area contributed by atoms with Gasteiger partial charge in [-0.05, 0) is 45.9 Å². The number of hydrogen-bond acceptors (Lipinski definition) is 4. The average Bonchev–Trinajstić information content (AvgIpc) is 2.35. The predicted octanol–water partition coefficient (Wildman–Crippen LogP) is 2.67. The molecule has 0 aliphatic heterocycles. The molecule has 0 amide bonds. The van der Waals surface area contributed by atoms with Gasteiger partial charge in [-0.1, -0.05) is 0 Å². The minimum Gasteiger partial charge on any atom is -0.398 e. The molecule has 104 valence electrons. The summed E-state index contributed by atoms with van der Waals surface area (Å²) in [6.07, 6.45) is 0. The number of hydrogen-bond donors (Lipinski definition) is 2. The Bertz CT molecular complexity index is 438. The molecule has 0 bridgehead atoms. The molecule has 0 saturated heterocycles. The quantitative estimate of drug-likeness (QED) is 0.772. The van der Waals surface area contributed by atoms with E-state index in [1.54, 1.807) is 12.1 Å². The van der Waals surface area contributed by atoms with Gasteiger partial charge < -0.3 is 11.1 Å². The van der Waals surface area contributed by atoms with Crippen LogP contribution in [0.4, 0.5) is 11.4 Å². The fourth-order valence-electron chi connectivity index (χ4n) is 2.21. The van der Waals surface area contributed by atoms with E-state index in [2.05, 4.69) is 44.0 Å². The highest BCUT2D eigenvalue weighted by Crippen LogP contribution is 2.16. The Kier molecular flexibility index (Phi) is 5.65. The molecule has 0 radical (unpaired) electrons. The van der Waals surface area contributed by atoms with Gasteiger partial charge in [0.15, 0.2) is 0 Å². The van der Waals surface area contributed by atoms with Crippen LogP contribution < -0.4 is 11.1 Å². The summed E-state index contributed by atoms with van der Waals surface area (Å²) >= 11 is 0. The summed E-state index contributed by atoms with van der Waals surface area (Å²) in [6, 6.07) is 8.63. The zero-order valence-corrected chi connectivity index (χ0v) is 12.3. The van der Waals surface area contributed by atoms with Gasteiger partial charge in [-0.25, -0.2) is 0 Å². The van der Waals surface area contributed by atoms with Crippen molar-refractivity contribution in [1.29, 1.82) is 5.26 Å². The summed E-state index contributed by atoms with van der Waals surface area (Å²) in [4.78, 5) is 2.43. The van der Waals surface area contributed by atoms with E-state index in [-0.39, 0.29) is 0 Å². The van der Waals surface area contributed by atoms with Crippen molar-refractivity contribution in [2.45, 2.75) is 39.8 Å². The van der Waals surface area contributed by atoms with Crippen molar-refractivity contribution in [3.8, 4) is 6.07 Å². The molecule has 4 nitrogen and oxygen atoms in total. The van der Waals surface area contributed by atoms with Gasteiger partial charge in [-0.2, -0.15) is 5.26 Å². The van der Waals surface area contributed by atoms with E-state index in [1.165, 1.54) is 0 Å². The lowest BCUT2D eigenvalue weighted by Gasteiger charge is -2.30. The number of nitrogens with zero attached hydrogens (tertiary/aromatic N) is 2. The molecular formula is C15H24N4. The molecule has 0 spiro atoms. The van der Waals surface area contributed by atoms with Crippen LogP contribution in [0.2, 0.25) is 0 Å². The number of benzene rings is 1. The second-order valence-electron chi connectivity index (χ2n) is 5.27. The number of nitrogens with two attached hydrogens (primary N) is 1. The molecule has 0 heterocycles. The zero-order valence-electron chi connectivity index (χ0n) is 12.3. The number of nitriles is 1. The van der Waals surface area contributed by atoms with Crippen molar-refractivity contribution in [2.24, 2.45) is 0 Å². The molecule has 19 heavy (non-hydrogen) atoms. The van der Waals surface area contributed by atoms with E-state index in [4.69, 9.17) is 11.0 Å². The van der Waals surface area contributed by atoms with Crippen molar-refractivity contribution < 1.29 is 0 Å². The standard InChI is InChI=1S/C15H24N4/c1-11(2)19(12(3)4)8-7-18-14-5-6-15(17)13(9-14)10-16/h5-6,9,11-12,18H,7-8,17H2,1-4H3. The Balaban J connectivity index is 2.56. The second-order valence-corrected chi connectivity index (χ2v) is 5.27. The Morgan fingerprint density at radius 3 is 2.42 bits per heavy atom. The topological polar surface area (TPSA) is 65.1 Å². The highest BCUT2D eigenvalue weighted by molar-refractivity contribution is 5.61. The van der Waals surface area contributed by atoms with Crippen molar-refractivity contribution in [3.63, 3.8) is 0 Å². The highest BCUT2D eigenvalue weighted by Gasteiger charge is 2.12. The maximum atomic E-state index is 8.94. The van der Waals surface area contributed by atoms with Crippen LogP contribution in [-0.4, -0.2) is 30.1 Å². The van der Waals surface area contributed by atoms with Crippen molar-refractivity contribution in [1.82, 2.24) is 4.90 Å². The third-order valence-electron chi connectivity index (χ3n) is 3.20. The summed E-state index contributed by atoms with van der Waals surface area (Å²) in [5, 5.41) is 12.3. The van der Waals surface area contributed by atoms with Gasteiger partial charge in [0.2, 0.25) is 0 Å². The van der Waals surface area contributed by atoms with Gasteiger partial charge in [0.25, 0.3) is 0 Å². The first kappa shape index (κ1) is 15.3. The van der Waals surface area contributed by atoms with Gasteiger partial charge in [0.1, 0.15) is 6.07 Å². The average molecular weight is 260 g/mol. The molecule has 0 aromatic heterocycles. The molecular weight excluding hydrogens is 236 g/mol.